The van der Waals surface area contributed by atoms with Crippen molar-refractivity contribution in [3.63, 3.8) is 0 Å². The maximum Gasteiger partial charge on any atom is 0.383 e. The summed E-state index contributed by atoms with van der Waals surface area (Å²) in [5.41, 5.74) is 1.02. The number of halogens is 3. The summed E-state index contributed by atoms with van der Waals surface area (Å²) in [6.45, 7) is -1.42. The Hall–Kier alpha value is -2.76. The summed E-state index contributed by atoms with van der Waals surface area (Å²) < 4.78 is 43.6. The molecule has 2 aromatic rings. The van der Waals surface area contributed by atoms with Crippen molar-refractivity contribution < 1.29 is 27.8 Å². The van der Waals surface area contributed by atoms with Crippen molar-refractivity contribution in [1.82, 2.24) is 0 Å². The Morgan fingerprint density at radius 3 is 2.19 bits per heavy atom. The molecule has 0 saturated heterocycles. The third-order valence-electron chi connectivity index (χ3n) is 4.00. The molecule has 0 heterocycles. The van der Waals surface area contributed by atoms with Gasteiger partial charge in [-0.25, -0.2) is 14.1 Å². The van der Waals surface area contributed by atoms with Gasteiger partial charge in [-0.05, 0) is 42.5 Å². The molecule has 144 valence electrons. The average molecular weight is 378 g/mol. The molecule has 2 aromatic carbocycles. The van der Waals surface area contributed by atoms with Gasteiger partial charge in [0, 0.05) is 4.53 Å². The first-order chi connectivity index (χ1) is 13.2. The molecule has 0 bridgehead atoms. The van der Waals surface area contributed by atoms with Crippen molar-refractivity contribution in [3.8, 4) is 5.75 Å². The van der Waals surface area contributed by atoms with E-state index in [1.54, 1.807) is 30.3 Å². The van der Waals surface area contributed by atoms with Crippen molar-refractivity contribution in [3.05, 3.63) is 71.5 Å². The third-order valence-corrected chi connectivity index (χ3v) is 4.00. The minimum atomic E-state index is -1.32. The van der Waals surface area contributed by atoms with E-state index in [1.165, 1.54) is 12.1 Å². The monoisotopic (exact) mass is 378 g/mol. The second kappa shape index (κ2) is 11.1. The Morgan fingerprint density at radius 2 is 1.59 bits per heavy atom. The van der Waals surface area contributed by atoms with Gasteiger partial charge in [0.15, 0.2) is 5.76 Å². The molecular formula is C21H21F3O3. The summed E-state index contributed by atoms with van der Waals surface area (Å²) in [6.07, 6.45) is 3.05. The fraction of sp³-hybridized carbons (Fsp3) is 0.286. The van der Waals surface area contributed by atoms with Gasteiger partial charge in [-0.3, -0.25) is 4.39 Å². The topological polar surface area (TPSA) is 35.5 Å². The molecule has 0 N–H and O–H groups in total. The van der Waals surface area contributed by atoms with Crippen LogP contribution in [0.4, 0.5) is 13.3 Å². The zero-order valence-electron chi connectivity index (χ0n) is 14.8. The molecule has 0 aliphatic rings. The van der Waals surface area contributed by atoms with Crippen molar-refractivity contribution in [2.24, 2.45) is 0 Å². The van der Waals surface area contributed by atoms with Crippen LogP contribution in [0.15, 0.2) is 60.4 Å². The van der Waals surface area contributed by atoms with Crippen molar-refractivity contribution >= 4 is 11.5 Å². The molecule has 0 saturated carbocycles. The van der Waals surface area contributed by atoms with Crippen LogP contribution >= 0.6 is 0 Å². The van der Waals surface area contributed by atoms with E-state index in [1.807, 2.05) is 12.1 Å². The second-order valence-corrected chi connectivity index (χ2v) is 5.91. The highest BCUT2D eigenvalue weighted by Crippen LogP contribution is 2.25. The van der Waals surface area contributed by atoms with E-state index in [9.17, 15) is 18.1 Å². The van der Waals surface area contributed by atoms with Crippen LogP contribution < -0.4 is 4.74 Å². The Morgan fingerprint density at radius 1 is 0.889 bits per heavy atom. The number of rotatable bonds is 10. The van der Waals surface area contributed by atoms with Crippen molar-refractivity contribution in [2.75, 3.05) is 13.3 Å². The van der Waals surface area contributed by atoms with Gasteiger partial charge in [0.1, 0.15) is 18.0 Å². The molecule has 0 aromatic heterocycles. The number of carbonyl (C=O) groups excluding carboxylic acids is 1. The number of ether oxygens (including phenoxy) is 1. The predicted octanol–water partition coefficient (Wildman–Crippen LogP) is 5.56. The van der Waals surface area contributed by atoms with Gasteiger partial charge < -0.3 is 4.74 Å². The van der Waals surface area contributed by atoms with E-state index >= 15 is 0 Å². The van der Waals surface area contributed by atoms with Crippen LogP contribution in [0.2, 0.25) is 0 Å². The number of unbranched alkanes of at least 4 members (excludes halogenated alkanes) is 2. The first-order valence-electron chi connectivity index (χ1n) is 8.69. The van der Waals surface area contributed by atoms with E-state index in [4.69, 9.17) is 4.74 Å². The molecule has 27 heavy (non-hydrogen) atoms. The van der Waals surface area contributed by atoms with E-state index in [2.05, 4.69) is 4.94 Å². The highest BCUT2D eigenvalue weighted by Gasteiger charge is 2.22. The lowest BCUT2D eigenvalue weighted by Gasteiger charge is -2.12. The van der Waals surface area contributed by atoms with E-state index < -0.39 is 12.6 Å². The van der Waals surface area contributed by atoms with E-state index in [0.717, 1.165) is 24.8 Å². The van der Waals surface area contributed by atoms with Crippen LogP contribution in [0.1, 0.15) is 30.4 Å². The normalized spacial score (nSPS) is 11.7. The summed E-state index contributed by atoms with van der Waals surface area (Å²) >= 11 is 0. The lowest BCUT2D eigenvalue weighted by molar-refractivity contribution is -0.175. The summed E-state index contributed by atoms with van der Waals surface area (Å²) in [7, 11) is 0. The molecule has 2 rings (SSSR count). The number of alkyl halides is 2. The predicted molar refractivity (Wildman–Crippen MR) is 97.1 cm³/mol. The van der Waals surface area contributed by atoms with Gasteiger partial charge in [-0.1, -0.05) is 48.9 Å². The van der Waals surface area contributed by atoms with Crippen LogP contribution in [0.5, 0.6) is 5.75 Å². The Kier molecular flexibility index (Phi) is 8.42. The zero-order chi connectivity index (χ0) is 19.5. The number of hydrogen-bond acceptors (Lipinski definition) is 3. The van der Waals surface area contributed by atoms with Crippen LogP contribution in [-0.4, -0.2) is 19.3 Å². The standard InChI is InChI=1S/C21H21F3O3/c22-14-6-2-3-7-16-10-12-18(13-11-16)26-19(15-23)20(21(25)27-24)17-8-4-1-5-9-17/h1,4-5,8-13H,2-3,6-7,14-15H2. The summed E-state index contributed by atoms with van der Waals surface area (Å²) in [5, 5.41) is 0. The number of allylic oxidation sites excluding steroid dienone is 1. The highest BCUT2D eigenvalue weighted by atomic mass is 19.3. The molecule has 0 atom stereocenters. The van der Waals surface area contributed by atoms with Crippen LogP contribution in [0.25, 0.3) is 5.57 Å². The van der Waals surface area contributed by atoms with Crippen LogP contribution in [0, 0.1) is 0 Å². The number of benzene rings is 2. The second-order valence-electron chi connectivity index (χ2n) is 5.91. The van der Waals surface area contributed by atoms with Crippen LogP contribution in [0.3, 0.4) is 0 Å². The molecule has 0 amide bonds. The molecule has 0 radical (unpaired) electrons. The molecule has 0 unspecified atom stereocenters. The van der Waals surface area contributed by atoms with Gasteiger partial charge in [0.2, 0.25) is 0 Å². The maximum absolute atomic E-state index is 13.6. The minimum Gasteiger partial charge on any atom is -0.458 e. The Bertz CT molecular complexity index is 743. The summed E-state index contributed by atoms with van der Waals surface area (Å²) in [6, 6.07) is 15.0. The first kappa shape index (κ1) is 20.6. The summed E-state index contributed by atoms with van der Waals surface area (Å²) in [5.74, 6) is -1.34. The quantitative estimate of drug-likeness (QED) is 0.309. The number of carbonyl (C=O) groups is 1. The minimum absolute atomic E-state index is 0.289. The molecule has 3 nitrogen and oxygen atoms in total. The van der Waals surface area contributed by atoms with E-state index in [-0.39, 0.29) is 23.6 Å². The molecule has 0 aliphatic heterocycles. The molecule has 0 spiro atoms. The van der Waals surface area contributed by atoms with E-state index in [0.29, 0.717) is 12.2 Å². The van der Waals surface area contributed by atoms with Gasteiger partial charge in [0.25, 0.3) is 0 Å². The van der Waals surface area contributed by atoms with Gasteiger partial charge in [-0.2, -0.15) is 0 Å². The van der Waals surface area contributed by atoms with Crippen LogP contribution in [-0.2, 0) is 16.2 Å². The molecule has 6 heteroatoms. The molecule has 0 fully saturated rings. The molecule has 0 aliphatic carbocycles. The maximum atomic E-state index is 13.6. The Labute approximate surface area is 156 Å². The average Bonchev–Trinajstić information content (AvgIpc) is 2.72. The number of aryl methyl sites for hydroxylation is 1. The zero-order valence-corrected chi connectivity index (χ0v) is 14.8. The Balaban J connectivity index is 2.18. The molecular weight excluding hydrogens is 357 g/mol. The fourth-order valence-electron chi connectivity index (χ4n) is 2.65. The first-order valence-corrected chi connectivity index (χ1v) is 8.69. The lowest BCUT2D eigenvalue weighted by atomic mass is 10.0. The van der Waals surface area contributed by atoms with Gasteiger partial charge >= 0.3 is 5.97 Å². The van der Waals surface area contributed by atoms with Crippen molar-refractivity contribution in [2.45, 2.75) is 25.7 Å². The smallest absolute Gasteiger partial charge is 0.383 e. The SMILES string of the molecule is O=C(OF)C(=C(CF)Oc1ccc(CCCCCF)cc1)c1ccccc1. The number of hydrogen-bond donors (Lipinski definition) is 0. The highest BCUT2D eigenvalue weighted by molar-refractivity contribution is 6.17. The lowest BCUT2D eigenvalue weighted by Crippen LogP contribution is -2.11. The van der Waals surface area contributed by atoms with Gasteiger partial charge in [-0.15, -0.1) is 0 Å². The largest absolute Gasteiger partial charge is 0.458 e. The third kappa shape index (κ3) is 6.16. The van der Waals surface area contributed by atoms with Gasteiger partial charge in [0.05, 0.1) is 6.67 Å². The fourth-order valence-corrected chi connectivity index (χ4v) is 2.65. The summed E-state index contributed by atoms with van der Waals surface area (Å²) in [4.78, 5) is 15.1. The van der Waals surface area contributed by atoms with Crippen molar-refractivity contribution in [1.29, 1.82) is 0 Å².